The summed E-state index contributed by atoms with van der Waals surface area (Å²) in [6.07, 6.45) is 0.397. The lowest BCUT2D eigenvalue weighted by Gasteiger charge is -2.36. The number of amides is 1. The third-order valence-electron chi connectivity index (χ3n) is 4.84. The zero-order chi connectivity index (χ0) is 19.1. The number of nitrogens with one attached hydrogen (secondary N) is 1. The molecular weight excluding hydrogens is 362 g/mol. The standard InChI is InChI=1S/C21H26ClN3O2/c1-27-20-8-2-17(3-9-20)16-21(26)23-10-11-24-12-14-25(15-13-24)19-6-4-18(22)5-7-19/h2-9H,10-16H2,1H3,(H,23,26). The molecular formula is C21H26ClN3O2. The Morgan fingerprint density at radius 3 is 2.33 bits per heavy atom. The van der Waals surface area contributed by atoms with E-state index in [0.29, 0.717) is 13.0 Å². The molecule has 5 nitrogen and oxygen atoms in total. The third-order valence-corrected chi connectivity index (χ3v) is 5.09. The van der Waals surface area contributed by atoms with Crippen molar-refractivity contribution in [3.8, 4) is 5.75 Å². The van der Waals surface area contributed by atoms with Crippen molar-refractivity contribution in [3.05, 3.63) is 59.1 Å². The minimum Gasteiger partial charge on any atom is -0.497 e. The second-order valence-electron chi connectivity index (χ2n) is 6.68. The number of nitrogens with zero attached hydrogens (tertiary/aromatic N) is 2. The molecule has 0 spiro atoms. The van der Waals surface area contributed by atoms with Crippen LogP contribution < -0.4 is 15.0 Å². The molecule has 0 bridgehead atoms. The Morgan fingerprint density at radius 1 is 1.04 bits per heavy atom. The first-order valence-corrected chi connectivity index (χ1v) is 9.64. The topological polar surface area (TPSA) is 44.8 Å². The van der Waals surface area contributed by atoms with Crippen molar-refractivity contribution < 1.29 is 9.53 Å². The molecule has 0 unspecified atom stereocenters. The Kier molecular flexibility index (Phi) is 6.96. The number of methoxy groups -OCH3 is 1. The fourth-order valence-corrected chi connectivity index (χ4v) is 3.35. The highest BCUT2D eigenvalue weighted by Crippen LogP contribution is 2.19. The number of halogens is 1. The Labute approximate surface area is 165 Å². The molecule has 0 aliphatic carbocycles. The smallest absolute Gasteiger partial charge is 0.224 e. The van der Waals surface area contributed by atoms with Crippen molar-refractivity contribution in [1.29, 1.82) is 0 Å². The average molecular weight is 388 g/mol. The second kappa shape index (κ2) is 9.62. The van der Waals surface area contributed by atoms with E-state index in [-0.39, 0.29) is 5.91 Å². The highest BCUT2D eigenvalue weighted by Gasteiger charge is 2.17. The van der Waals surface area contributed by atoms with Crippen LogP contribution >= 0.6 is 11.6 Å². The molecule has 144 valence electrons. The summed E-state index contributed by atoms with van der Waals surface area (Å²) in [5.74, 6) is 0.858. The molecule has 1 aliphatic heterocycles. The number of ether oxygens (including phenoxy) is 1. The van der Waals surface area contributed by atoms with Gasteiger partial charge < -0.3 is 15.0 Å². The molecule has 0 radical (unpaired) electrons. The molecule has 1 aliphatic rings. The van der Waals surface area contributed by atoms with Gasteiger partial charge in [0, 0.05) is 50.0 Å². The van der Waals surface area contributed by atoms with Crippen molar-refractivity contribution >= 4 is 23.2 Å². The Balaban J connectivity index is 1.35. The Morgan fingerprint density at radius 2 is 1.70 bits per heavy atom. The Bertz CT molecular complexity index is 726. The maximum absolute atomic E-state index is 12.1. The van der Waals surface area contributed by atoms with E-state index < -0.39 is 0 Å². The minimum atomic E-state index is 0.0555. The number of hydrogen-bond donors (Lipinski definition) is 1. The van der Waals surface area contributed by atoms with Crippen LogP contribution in [0.5, 0.6) is 5.75 Å². The first-order valence-electron chi connectivity index (χ1n) is 9.26. The van der Waals surface area contributed by atoms with Crippen LogP contribution in [0.1, 0.15) is 5.56 Å². The van der Waals surface area contributed by atoms with Gasteiger partial charge in [0.05, 0.1) is 13.5 Å². The summed E-state index contributed by atoms with van der Waals surface area (Å²) >= 11 is 5.95. The summed E-state index contributed by atoms with van der Waals surface area (Å²) < 4.78 is 5.13. The van der Waals surface area contributed by atoms with E-state index in [2.05, 4.69) is 27.2 Å². The molecule has 3 rings (SSSR count). The Hall–Kier alpha value is -2.24. The molecule has 2 aromatic carbocycles. The van der Waals surface area contributed by atoms with Crippen molar-refractivity contribution in [2.75, 3.05) is 51.3 Å². The van der Waals surface area contributed by atoms with E-state index in [4.69, 9.17) is 16.3 Å². The lowest BCUT2D eigenvalue weighted by molar-refractivity contribution is -0.120. The van der Waals surface area contributed by atoms with Gasteiger partial charge in [-0.1, -0.05) is 23.7 Å². The van der Waals surface area contributed by atoms with Crippen molar-refractivity contribution in [2.45, 2.75) is 6.42 Å². The molecule has 1 amide bonds. The maximum atomic E-state index is 12.1. The summed E-state index contributed by atoms with van der Waals surface area (Å²) in [5.41, 5.74) is 2.21. The normalized spacial score (nSPS) is 14.8. The van der Waals surface area contributed by atoms with Crippen LogP contribution in [0.3, 0.4) is 0 Å². The predicted octanol–water partition coefficient (Wildman–Crippen LogP) is 2.83. The molecule has 1 fully saturated rings. The van der Waals surface area contributed by atoms with Crippen LogP contribution in [-0.4, -0.2) is 57.2 Å². The molecule has 0 atom stereocenters. The fraction of sp³-hybridized carbons (Fsp3) is 0.381. The van der Waals surface area contributed by atoms with Crippen LogP contribution in [-0.2, 0) is 11.2 Å². The molecule has 0 saturated carbocycles. The maximum Gasteiger partial charge on any atom is 0.224 e. The second-order valence-corrected chi connectivity index (χ2v) is 7.12. The fourth-order valence-electron chi connectivity index (χ4n) is 3.23. The number of piperazine rings is 1. The van der Waals surface area contributed by atoms with E-state index in [9.17, 15) is 4.79 Å². The largest absolute Gasteiger partial charge is 0.497 e. The van der Waals surface area contributed by atoms with Crippen LogP contribution in [0, 0.1) is 0 Å². The minimum absolute atomic E-state index is 0.0555. The van der Waals surface area contributed by atoms with Gasteiger partial charge >= 0.3 is 0 Å². The first-order chi connectivity index (χ1) is 13.1. The number of hydrogen-bond acceptors (Lipinski definition) is 4. The number of anilines is 1. The van der Waals surface area contributed by atoms with Crippen LogP contribution in [0.15, 0.2) is 48.5 Å². The zero-order valence-corrected chi connectivity index (χ0v) is 16.4. The van der Waals surface area contributed by atoms with Gasteiger partial charge in [-0.15, -0.1) is 0 Å². The summed E-state index contributed by atoms with van der Waals surface area (Å²) in [6, 6.07) is 15.6. The lowest BCUT2D eigenvalue weighted by atomic mass is 10.1. The molecule has 0 aromatic heterocycles. The van der Waals surface area contributed by atoms with Gasteiger partial charge in [-0.05, 0) is 42.0 Å². The monoisotopic (exact) mass is 387 g/mol. The summed E-state index contributed by atoms with van der Waals surface area (Å²) in [7, 11) is 1.64. The predicted molar refractivity (Wildman–Crippen MR) is 110 cm³/mol. The summed E-state index contributed by atoms with van der Waals surface area (Å²) in [5, 5.41) is 3.78. The number of benzene rings is 2. The van der Waals surface area contributed by atoms with E-state index >= 15 is 0 Å². The van der Waals surface area contributed by atoms with Gasteiger partial charge in [0.25, 0.3) is 0 Å². The van der Waals surface area contributed by atoms with Crippen LogP contribution in [0.2, 0.25) is 5.02 Å². The summed E-state index contributed by atoms with van der Waals surface area (Å²) in [4.78, 5) is 16.9. The third kappa shape index (κ3) is 5.88. The molecule has 1 N–H and O–H groups in total. The van der Waals surface area contributed by atoms with Crippen LogP contribution in [0.4, 0.5) is 5.69 Å². The lowest BCUT2D eigenvalue weighted by Crippen LogP contribution is -2.48. The molecule has 2 aromatic rings. The highest BCUT2D eigenvalue weighted by molar-refractivity contribution is 6.30. The first kappa shape index (κ1) is 19.5. The number of carbonyl (C=O) groups is 1. The van der Waals surface area contributed by atoms with Gasteiger partial charge in [-0.3, -0.25) is 9.69 Å². The van der Waals surface area contributed by atoms with Gasteiger partial charge in [0.1, 0.15) is 5.75 Å². The number of carbonyl (C=O) groups excluding carboxylic acids is 1. The van der Waals surface area contributed by atoms with Crippen LogP contribution in [0.25, 0.3) is 0 Å². The quantitative estimate of drug-likeness (QED) is 0.793. The van der Waals surface area contributed by atoms with Gasteiger partial charge in [-0.25, -0.2) is 0 Å². The van der Waals surface area contributed by atoms with E-state index in [1.807, 2.05) is 36.4 Å². The molecule has 6 heteroatoms. The summed E-state index contributed by atoms with van der Waals surface area (Å²) in [6.45, 7) is 5.52. The molecule has 1 saturated heterocycles. The van der Waals surface area contributed by atoms with Crippen molar-refractivity contribution in [1.82, 2.24) is 10.2 Å². The molecule has 27 heavy (non-hydrogen) atoms. The SMILES string of the molecule is COc1ccc(CC(=O)NCCN2CCN(c3ccc(Cl)cc3)CC2)cc1. The van der Waals surface area contributed by atoms with Gasteiger partial charge in [0.2, 0.25) is 5.91 Å². The number of rotatable bonds is 7. The van der Waals surface area contributed by atoms with E-state index in [0.717, 1.165) is 49.1 Å². The highest BCUT2D eigenvalue weighted by atomic mass is 35.5. The zero-order valence-electron chi connectivity index (χ0n) is 15.7. The van der Waals surface area contributed by atoms with Crippen molar-refractivity contribution in [3.63, 3.8) is 0 Å². The average Bonchev–Trinajstić information content (AvgIpc) is 2.70. The van der Waals surface area contributed by atoms with E-state index in [1.165, 1.54) is 5.69 Å². The van der Waals surface area contributed by atoms with Gasteiger partial charge in [-0.2, -0.15) is 0 Å². The van der Waals surface area contributed by atoms with Crippen molar-refractivity contribution in [2.24, 2.45) is 0 Å². The van der Waals surface area contributed by atoms with E-state index in [1.54, 1.807) is 7.11 Å². The van der Waals surface area contributed by atoms with Gasteiger partial charge in [0.15, 0.2) is 0 Å². The molecule has 1 heterocycles.